The molecule has 0 radical (unpaired) electrons. The lowest BCUT2D eigenvalue weighted by Crippen LogP contribution is -2.69. The molecule has 7 atom stereocenters. The van der Waals surface area contributed by atoms with E-state index in [1.165, 1.54) is 11.0 Å². The van der Waals surface area contributed by atoms with Crippen LogP contribution in [0.3, 0.4) is 0 Å². The molecule has 0 aromatic heterocycles. The van der Waals surface area contributed by atoms with Gasteiger partial charge in [-0.2, -0.15) is 0 Å². The first-order chi connectivity index (χ1) is 14.4. The topological polar surface area (TPSA) is 161 Å². The number of amides is 1. The van der Waals surface area contributed by atoms with Gasteiger partial charge in [0.1, 0.15) is 22.7 Å². The number of nitrogens with two attached hydrogens (primary N) is 1. The van der Waals surface area contributed by atoms with E-state index in [1.807, 2.05) is 6.92 Å². The molecule has 1 saturated carbocycles. The average molecular weight is 430 g/mol. The third kappa shape index (κ3) is 2.70. The Morgan fingerprint density at radius 2 is 1.87 bits per heavy atom. The second kappa shape index (κ2) is 6.88. The Kier molecular flexibility index (Phi) is 4.77. The number of rotatable bonds is 2. The zero-order chi connectivity index (χ0) is 23.0. The predicted octanol–water partition coefficient (Wildman–Crippen LogP) is -0.153. The first-order valence-corrected chi connectivity index (χ1v) is 10.1. The van der Waals surface area contributed by atoms with Crippen molar-refractivity contribution in [3.8, 4) is 5.75 Å². The van der Waals surface area contributed by atoms with Gasteiger partial charge in [0.15, 0.2) is 5.78 Å². The van der Waals surface area contributed by atoms with Crippen LogP contribution in [0, 0.1) is 17.8 Å². The maximum atomic E-state index is 13.3. The summed E-state index contributed by atoms with van der Waals surface area (Å²) < 4.78 is 0. The van der Waals surface area contributed by atoms with E-state index in [2.05, 4.69) is 0 Å². The molecular weight excluding hydrogens is 404 g/mol. The number of nitrogens with zero attached hydrogens (tertiary/aromatic N) is 1. The highest BCUT2D eigenvalue weighted by Crippen LogP contribution is 2.56. The summed E-state index contributed by atoms with van der Waals surface area (Å²) in [6.45, 7) is 1.82. The summed E-state index contributed by atoms with van der Waals surface area (Å²) in [6.07, 6.45) is -1.71. The SMILES string of the molecule is C[C@H]1c2cccc(O)c2C(=O)C2C[C@]3(O)C(=O)C(C(N)=O)=C(O)[C@@H](N(C)C)C3[C@@H](O)C21. The number of hydrogen-bond acceptors (Lipinski definition) is 8. The lowest BCUT2D eigenvalue weighted by Gasteiger charge is -2.56. The number of likely N-dealkylation sites (N-methyl/N-ethyl adjacent to an activating group) is 1. The number of aliphatic hydroxyl groups is 3. The molecule has 9 nitrogen and oxygen atoms in total. The van der Waals surface area contributed by atoms with E-state index in [9.17, 15) is 34.8 Å². The van der Waals surface area contributed by atoms with E-state index in [0.717, 1.165) is 0 Å². The zero-order valence-corrected chi connectivity index (χ0v) is 17.4. The monoisotopic (exact) mass is 430 g/mol. The van der Waals surface area contributed by atoms with E-state index in [-0.39, 0.29) is 23.7 Å². The van der Waals surface area contributed by atoms with Gasteiger partial charge in [-0.1, -0.05) is 19.1 Å². The Morgan fingerprint density at radius 3 is 2.45 bits per heavy atom. The molecule has 1 amide bonds. The molecule has 9 heteroatoms. The van der Waals surface area contributed by atoms with Crippen molar-refractivity contribution < 1.29 is 34.8 Å². The lowest BCUT2D eigenvalue weighted by molar-refractivity contribution is -0.181. The van der Waals surface area contributed by atoms with Crippen LogP contribution in [0.4, 0.5) is 0 Å². The number of aromatic hydroxyl groups is 1. The molecule has 1 aromatic carbocycles. The van der Waals surface area contributed by atoms with Crippen molar-refractivity contribution in [2.24, 2.45) is 23.5 Å². The molecule has 4 rings (SSSR count). The maximum Gasteiger partial charge on any atom is 0.255 e. The van der Waals surface area contributed by atoms with Gasteiger partial charge < -0.3 is 26.2 Å². The number of Topliss-reactive ketones (excluding diaryl/α,β-unsaturated/α-hetero) is 2. The summed E-state index contributed by atoms with van der Waals surface area (Å²) in [4.78, 5) is 39.9. The van der Waals surface area contributed by atoms with Crippen LogP contribution in [-0.4, -0.2) is 74.6 Å². The number of carbonyl (C=O) groups is 3. The lowest BCUT2D eigenvalue weighted by atomic mass is 9.51. The molecule has 166 valence electrons. The van der Waals surface area contributed by atoms with E-state index in [1.54, 1.807) is 26.2 Å². The second-order valence-corrected chi connectivity index (χ2v) is 9.08. The van der Waals surface area contributed by atoms with Crippen LogP contribution in [0.5, 0.6) is 5.75 Å². The zero-order valence-electron chi connectivity index (χ0n) is 17.4. The number of fused-ring (bicyclic) bond motifs is 3. The number of benzene rings is 1. The van der Waals surface area contributed by atoms with Crippen LogP contribution in [-0.2, 0) is 9.59 Å². The van der Waals surface area contributed by atoms with Crippen molar-refractivity contribution in [2.75, 3.05) is 14.1 Å². The molecule has 3 aliphatic carbocycles. The molecule has 0 aliphatic heterocycles. The molecule has 0 bridgehead atoms. The summed E-state index contributed by atoms with van der Waals surface area (Å²) in [7, 11) is 3.16. The molecule has 6 N–H and O–H groups in total. The van der Waals surface area contributed by atoms with Gasteiger partial charge in [0.05, 0.1) is 17.7 Å². The van der Waals surface area contributed by atoms with Gasteiger partial charge >= 0.3 is 0 Å². The van der Waals surface area contributed by atoms with Crippen molar-refractivity contribution in [3.63, 3.8) is 0 Å². The molecule has 3 aliphatic rings. The molecule has 0 spiro atoms. The molecular formula is C22H26N2O7. The smallest absolute Gasteiger partial charge is 0.255 e. The fourth-order valence-corrected chi connectivity index (χ4v) is 6.02. The minimum Gasteiger partial charge on any atom is -0.510 e. The highest BCUT2D eigenvalue weighted by atomic mass is 16.3. The largest absolute Gasteiger partial charge is 0.510 e. The van der Waals surface area contributed by atoms with Crippen molar-refractivity contribution in [2.45, 2.75) is 37.0 Å². The molecule has 31 heavy (non-hydrogen) atoms. The quantitative estimate of drug-likeness (QED) is 0.405. The predicted molar refractivity (Wildman–Crippen MR) is 108 cm³/mol. The molecule has 1 aromatic rings. The first-order valence-electron chi connectivity index (χ1n) is 10.1. The summed E-state index contributed by atoms with van der Waals surface area (Å²) in [5.41, 5.74) is 3.01. The van der Waals surface area contributed by atoms with Crippen molar-refractivity contribution in [1.82, 2.24) is 4.90 Å². The Morgan fingerprint density at radius 1 is 1.23 bits per heavy atom. The first kappa shape index (κ1) is 21.5. The molecule has 3 unspecified atom stereocenters. The van der Waals surface area contributed by atoms with Crippen molar-refractivity contribution in [1.29, 1.82) is 0 Å². The van der Waals surface area contributed by atoms with Gasteiger partial charge in [0, 0.05) is 17.8 Å². The molecule has 0 heterocycles. The summed E-state index contributed by atoms with van der Waals surface area (Å²) >= 11 is 0. The number of primary amides is 1. The van der Waals surface area contributed by atoms with Gasteiger partial charge in [0.25, 0.3) is 5.91 Å². The number of ketones is 2. The summed E-state index contributed by atoms with van der Waals surface area (Å²) in [5, 5.41) is 44.0. The summed E-state index contributed by atoms with van der Waals surface area (Å²) in [6, 6.07) is 3.65. The van der Waals surface area contributed by atoms with Crippen molar-refractivity contribution >= 4 is 17.5 Å². The fraction of sp³-hybridized carbons (Fsp3) is 0.500. The van der Waals surface area contributed by atoms with Crippen LogP contribution >= 0.6 is 0 Å². The normalized spacial score (nSPS) is 37.4. The van der Waals surface area contributed by atoms with Crippen molar-refractivity contribution in [3.05, 3.63) is 40.7 Å². The number of phenols is 1. The Hall–Kier alpha value is -2.75. The van der Waals surface area contributed by atoms with Crippen LogP contribution in [0.25, 0.3) is 0 Å². The Bertz CT molecular complexity index is 1030. The van der Waals surface area contributed by atoms with Gasteiger partial charge in [-0.05, 0) is 38.1 Å². The number of hydrogen-bond donors (Lipinski definition) is 5. The van der Waals surface area contributed by atoms with Gasteiger partial charge in [-0.3, -0.25) is 19.3 Å². The maximum absolute atomic E-state index is 13.3. The summed E-state index contributed by atoms with van der Waals surface area (Å²) in [5.74, 6) is -6.74. The van der Waals surface area contributed by atoms with Crippen LogP contribution < -0.4 is 5.73 Å². The van der Waals surface area contributed by atoms with E-state index in [4.69, 9.17) is 5.73 Å². The molecule has 0 saturated heterocycles. The van der Waals surface area contributed by atoms with Crippen LogP contribution in [0.15, 0.2) is 29.5 Å². The fourth-order valence-electron chi connectivity index (χ4n) is 6.02. The third-order valence-electron chi connectivity index (χ3n) is 7.33. The minimum atomic E-state index is -2.29. The van der Waals surface area contributed by atoms with Crippen LogP contribution in [0.2, 0.25) is 0 Å². The van der Waals surface area contributed by atoms with Gasteiger partial charge in [-0.25, -0.2) is 0 Å². The van der Waals surface area contributed by atoms with Gasteiger partial charge in [-0.15, -0.1) is 0 Å². The number of carbonyl (C=O) groups excluding carboxylic acids is 3. The Balaban J connectivity index is 1.92. The van der Waals surface area contributed by atoms with E-state index >= 15 is 0 Å². The van der Waals surface area contributed by atoms with E-state index in [0.29, 0.717) is 5.56 Å². The number of aliphatic hydroxyl groups excluding tert-OH is 2. The second-order valence-electron chi connectivity index (χ2n) is 9.08. The highest BCUT2D eigenvalue weighted by Gasteiger charge is 2.66. The third-order valence-corrected chi connectivity index (χ3v) is 7.33. The van der Waals surface area contributed by atoms with Crippen LogP contribution in [0.1, 0.15) is 35.2 Å². The average Bonchev–Trinajstić information content (AvgIpc) is 2.67. The Labute approximate surface area is 178 Å². The van der Waals surface area contributed by atoms with Gasteiger partial charge in [0.2, 0.25) is 5.78 Å². The standard InChI is InChI=1S/C22H26N2O7/c1-8-9-5-4-6-11(25)13(9)17(26)10-7-22(31)15(18(27)12(8)10)16(24(2)3)19(28)14(20(22)29)21(23)30/h4-6,8,10,12,15-16,18,25,27-28,31H,7H2,1-3H3,(H2,23,30)/t8-,10?,12?,15?,16-,18-,22+/m0/s1. The molecule has 1 fully saturated rings. The van der Waals surface area contributed by atoms with E-state index < -0.39 is 64.3 Å². The number of phenolic OH excluding ortho intramolecular Hbond substituents is 1. The minimum absolute atomic E-state index is 0.117. The highest BCUT2D eigenvalue weighted by molar-refractivity contribution is 6.23.